The summed E-state index contributed by atoms with van der Waals surface area (Å²) in [6.45, 7) is 7.91. The molecule has 1 aromatic carbocycles. The zero-order chi connectivity index (χ0) is 13.0. The van der Waals surface area contributed by atoms with Gasteiger partial charge in [0.15, 0.2) is 0 Å². The molecule has 3 aromatic rings. The Kier molecular flexibility index (Phi) is 2.47. The highest BCUT2D eigenvalue weighted by molar-refractivity contribution is 7.17. The van der Waals surface area contributed by atoms with Gasteiger partial charge in [0.25, 0.3) is 0 Å². The molecule has 1 N–H and O–H groups in total. The van der Waals surface area contributed by atoms with Crippen molar-refractivity contribution in [2.45, 2.75) is 26.8 Å². The van der Waals surface area contributed by atoms with E-state index >= 15 is 0 Å². The van der Waals surface area contributed by atoms with Crippen LogP contribution in [0.4, 0.5) is 0 Å². The second-order valence-electron chi connectivity index (χ2n) is 5.48. The van der Waals surface area contributed by atoms with E-state index in [1.54, 1.807) is 0 Å². The fraction of sp³-hybridized carbons (Fsp3) is 0.375. The Morgan fingerprint density at radius 2 is 2.21 bits per heavy atom. The molecule has 0 spiro atoms. The number of benzene rings is 1. The van der Waals surface area contributed by atoms with Gasteiger partial charge < -0.3 is 4.98 Å². The molecule has 4 rings (SSSR count). The topological polar surface area (TPSA) is 19.0 Å². The van der Waals surface area contributed by atoms with Crippen LogP contribution in [0.3, 0.4) is 0 Å². The van der Waals surface area contributed by atoms with Crippen molar-refractivity contribution in [1.29, 1.82) is 0 Å². The molecule has 3 heterocycles. The van der Waals surface area contributed by atoms with Crippen molar-refractivity contribution in [3.05, 3.63) is 34.3 Å². The van der Waals surface area contributed by atoms with Crippen LogP contribution in [0.15, 0.2) is 17.5 Å². The Balaban J connectivity index is 2.07. The smallest absolute Gasteiger partial charge is 0.0466 e. The van der Waals surface area contributed by atoms with Crippen molar-refractivity contribution in [2.75, 3.05) is 13.1 Å². The molecule has 1 aliphatic heterocycles. The fourth-order valence-corrected chi connectivity index (χ4v) is 4.27. The molecule has 2 aromatic heterocycles. The Hall–Kier alpha value is -1.32. The molecule has 0 aliphatic carbocycles. The van der Waals surface area contributed by atoms with Crippen molar-refractivity contribution in [1.82, 2.24) is 9.88 Å². The van der Waals surface area contributed by atoms with Gasteiger partial charge in [0.1, 0.15) is 0 Å². The highest BCUT2D eigenvalue weighted by Gasteiger charge is 2.21. The molecule has 3 heteroatoms. The molecule has 0 amide bonds. The van der Waals surface area contributed by atoms with Crippen molar-refractivity contribution in [2.24, 2.45) is 0 Å². The molecule has 0 atom stereocenters. The van der Waals surface area contributed by atoms with Gasteiger partial charge >= 0.3 is 0 Å². The van der Waals surface area contributed by atoms with E-state index in [0.717, 1.165) is 19.5 Å². The number of aromatic nitrogens is 1. The molecule has 0 saturated heterocycles. The summed E-state index contributed by atoms with van der Waals surface area (Å²) in [5.74, 6) is 0. The zero-order valence-corrected chi connectivity index (χ0v) is 12.2. The number of aromatic amines is 1. The van der Waals surface area contributed by atoms with Crippen molar-refractivity contribution in [3.8, 4) is 0 Å². The standard InChI is InChI=1S/C16H18N2S/c1-3-18-7-6-12-11(8-18)16-13(17-12)4-5-14-15(16)10(2)9-19-14/h4-5,9,17H,3,6-8H2,1-2H3. The lowest BCUT2D eigenvalue weighted by Crippen LogP contribution is -2.29. The molecule has 0 saturated carbocycles. The van der Waals surface area contributed by atoms with Crippen molar-refractivity contribution in [3.63, 3.8) is 0 Å². The first-order chi connectivity index (χ1) is 9.28. The number of thiophene rings is 1. The van der Waals surface area contributed by atoms with Gasteiger partial charge in [0, 0.05) is 46.2 Å². The first-order valence-electron chi connectivity index (χ1n) is 7.00. The molecule has 1 aliphatic rings. The molecule has 0 unspecified atom stereocenters. The average molecular weight is 270 g/mol. The number of rotatable bonds is 1. The van der Waals surface area contributed by atoms with Gasteiger partial charge in [-0.3, -0.25) is 4.90 Å². The predicted molar refractivity (Wildman–Crippen MR) is 83.1 cm³/mol. The molecule has 0 fully saturated rings. The van der Waals surface area contributed by atoms with Crippen molar-refractivity contribution >= 4 is 32.3 Å². The minimum absolute atomic E-state index is 1.10. The van der Waals surface area contributed by atoms with E-state index in [-0.39, 0.29) is 0 Å². The van der Waals surface area contributed by atoms with Crippen LogP contribution in [0.25, 0.3) is 21.0 Å². The van der Waals surface area contributed by atoms with Gasteiger partial charge in [-0.15, -0.1) is 11.3 Å². The van der Waals surface area contributed by atoms with Crippen LogP contribution in [0, 0.1) is 6.92 Å². The summed E-state index contributed by atoms with van der Waals surface area (Å²) in [5.41, 5.74) is 5.73. The Labute approximate surface area is 117 Å². The first-order valence-corrected chi connectivity index (χ1v) is 7.88. The van der Waals surface area contributed by atoms with Crippen LogP contribution in [0.1, 0.15) is 23.7 Å². The summed E-state index contributed by atoms with van der Waals surface area (Å²) in [7, 11) is 0. The van der Waals surface area contributed by atoms with Crippen LogP contribution in [-0.2, 0) is 13.0 Å². The SMILES string of the molecule is CCN1CCc2[nH]c3ccc4scc(C)c4c3c2C1. The minimum atomic E-state index is 1.10. The van der Waals surface area contributed by atoms with Gasteiger partial charge in [0.2, 0.25) is 0 Å². The predicted octanol–water partition coefficient (Wildman–Crippen LogP) is 4.07. The number of aryl methyl sites for hydroxylation is 1. The van der Waals surface area contributed by atoms with E-state index in [4.69, 9.17) is 0 Å². The molecule has 98 valence electrons. The summed E-state index contributed by atoms with van der Waals surface area (Å²) in [6, 6.07) is 4.51. The highest BCUT2D eigenvalue weighted by atomic mass is 32.1. The van der Waals surface area contributed by atoms with E-state index in [0.29, 0.717) is 0 Å². The average Bonchev–Trinajstić information content (AvgIpc) is 2.98. The van der Waals surface area contributed by atoms with E-state index in [1.165, 1.54) is 44.4 Å². The Morgan fingerprint density at radius 3 is 3.05 bits per heavy atom. The van der Waals surface area contributed by atoms with Crippen LogP contribution < -0.4 is 0 Å². The second kappa shape index (κ2) is 4.09. The van der Waals surface area contributed by atoms with Crippen LogP contribution in [0.2, 0.25) is 0 Å². The lowest BCUT2D eigenvalue weighted by molar-refractivity contribution is 0.268. The molecule has 19 heavy (non-hydrogen) atoms. The highest BCUT2D eigenvalue weighted by Crippen LogP contribution is 2.37. The lowest BCUT2D eigenvalue weighted by Gasteiger charge is -2.25. The fourth-order valence-electron chi connectivity index (χ4n) is 3.32. The maximum Gasteiger partial charge on any atom is 0.0466 e. The number of hydrogen-bond acceptors (Lipinski definition) is 2. The maximum atomic E-state index is 3.65. The van der Waals surface area contributed by atoms with Crippen LogP contribution in [0.5, 0.6) is 0 Å². The van der Waals surface area contributed by atoms with Crippen LogP contribution >= 0.6 is 11.3 Å². The van der Waals surface area contributed by atoms with Gasteiger partial charge in [-0.05, 0) is 42.1 Å². The van der Waals surface area contributed by atoms with Gasteiger partial charge in [-0.1, -0.05) is 6.92 Å². The van der Waals surface area contributed by atoms with E-state index in [9.17, 15) is 0 Å². The van der Waals surface area contributed by atoms with Gasteiger partial charge in [-0.25, -0.2) is 0 Å². The minimum Gasteiger partial charge on any atom is -0.358 e. The molecule has 2 nitrogen and oxygen atoms in total. The maximum absolute atomic E-state index is 3.65. The summed E-state index contributed by atoms with van der Waals surface area (Å²) in [4.78, 5) is 6.19. The summed E-state index contributed by atoms with van der Waals surface area (Å²) < 4.78 is 1.42. The Morgan fingerprint density at radius 1 is 1.32 bits per heavy atom. The lowest BCUT2D eigenvalue weighted by atomic mass is 10.0. The number of H-pyrrole nitrogens is 1. The largest absolute Gasteiger partial charge is 0.358 e. The van der Waals surface area contributed by atoms with E-state index in [2.05, 4.69) is 41.2 Å². The Bertz CT molecular complexity index is 766. The zero-order valence-electron chi connectivity index (χ0n) is 11.4. The summed E-state index contributed by atoms with van der Waals surface area (Å²) in [5, 5.41) is 5.23. The number of likely N-dealkylation sites (N-methyl/N-ethyl adjacent to an activating group) is 1. The molecular formula is C16H18N2S. The number of hydrogen-bond donors (Lipinski definition) is 1. The third-order valence-corrected chi connectivity index (χ3v) is 5.45. The normalized spacial score (nSPS) is 16.3. The first kappa shape index (κ1) is 11.5. The van der Waals surface area contributed by atoms with Crippen LogP contribution in [-0.4, -0.2) is 23.0 Å². The monoisotopic (exact) mass is 270 g/mol. The molecular weight excluding hydrogens is 252 g/mol. The quantitative estimate of drug-likeness (QED) is 0.706. The number of nitrogens with one attached hydrogen (secondary N) is 1. The third kappa shape index (κ3) is 1.58. The molecule has 0 radical (unpaired) electrons. The van der Waals surface area contributed by atoms with Gasteiger partial charge in [-0.2, -0.15) is 0 Å². The summed E-state index contributed by atoms with van der Waals surface area (Å²) in [6.07, 6.45) is 1.16. The van der Waals surface area contributed by atoms with E-state index < -0.39 is 0 Å². The van der Waals surface area contributed by atoms with E-state index in [1.807, 2.05) is 11.3 Å². The van der Waals surface area contributed by atoms with Crippen molar-refractivity contribution < 1.29 is 0 Å². The molecule has 0 bridgehead atoms. The van der Waals surface area contributed by atoms with Gasteiger partial charge in [0.05, 0.1) is 0 Å². The summed E-state index contributed by atoms with van der Waals surface area (Å²) >= 11 is 1.86. The third-order valence-electron chi connectivity index (χ3n) is 4.38. The number of fused-ring (bicyclic) bond motifs is 5. The second-order valence-corrected chi connectivity index (χ2v) is 6.39. The number of nitrogens with zero attached hydrogens (tertiary/aromatic N) is 1.